The van der Waals surface area contributed by atoms with Crippen molar-refractivity contribution in [2.75, 3.05) is 13.1 Å². The Hall–Kier alpha value is -3.93. The van der Waals surface area contributed by atoms with Crippen LogP contribution in [-0.2, 0) is 32.0 Å². The molecular formula is C25H32N6O6. The van der Waals surface area contributed by atoms with Crippen LogP contribution in [0.2, 0.25) is 0 Å². The molecule has 4 rings (SSSR count). The number of aromatic nitrogens is 2. The van der Waals surface area contributed by atoms with Crippen molar-refractivity contribution in [2.45, 2.75) is 62.7 Å². The molecule has 0 spiro atoms. The average Bonchev–Trinajstić information content (AvgIpc) is 3.67. The molecule has 12 nitrogen and oxygen atoms in total. The lowest BCUT2D eigenvalue weighted by Crippen LogP contribution is -2.57. The number of likely N-dealkylation sites (tertiary alicyclic amines) is 1. The van der Waals surface area contributed by atoms with E-state index in [0.29, 0.717) is 37.1 Å². The fraction of sp³-hybridized carbons (Fsp3) is 0.480. The van der Waals surface area contributed by atoms with Gasteiger partial charge in [0.25, 0.3) is 0 Å². The van der Waals surface area contributed by atoms with E-state index in [2.05, 4.69) is 25.9 Å². The fourth-order valence-corrected chi connectivity index (χ4v) is 4.84. The lowest BCUT2D eigenvalue weighted by Gasteiger charge is -2.30. The normalized spacial score (nSPS) is 20.8. The van der Waals surface area contributed by atoms with Crippen LogP contribution >= 0.6 is 0 Å². The minimum Gasteiger partial charge on any atom is -0.508 e. The number of amides is 3. The molecule has 2 aliphatic heterocycles. The molecule has 2 aliphatic rings. The van der Waals surface area contributed by atoms with E-state index in [1.165, 1.54) is 23.4 Å². The maximum absolute atomic E-state index is 13.6. The maximum atomic E-state index is 13.6. The van der Waals surface area contributed by atoms with E-state index >= 15 is 0 Å². The number of nitrogens with zero attached hydrogens (tertiary/aromatic N) is 2. The molecule has 2 aromatic rings. The molecule has 12 heteroatoms. The third-order valence-corrected chi connectivity index (χ3v) is 6.80. The van der Waals surface area contributed by atoms with Crippen LogP contribution in [0.1, 0.15) is 36.9 Å². The van der Waals surface area contributed by atoms with Crippen LogP contribution in [0.25, 0.3) is 0 Å². The monoisotopic (exact) mass is 512 g/mol. The Bertz CT molecular complexity index is 1100. The van der Waals surface area contributed by atoms with Gasteiger partial charge in [0, 0.05) is 31.3 Å². The Labute approximate surface area is 213 Å². The van der Waals surface area contributed by atoms with E-state index in [4.69, 9.17) is 0 Å². The zero-order valence-corrected chi connectivity index (χ0v) is 20.4. The number of carbonyl (C=O) groups excluding carboxylic acids is 3. The maximum Gasteiger partial charge on any atom is 0.326 e. The summed E-state index contributed by atoms with van der Waals surface area (Å²) in [6.07, 6.45) is 5.80. The van der Waals surface area contributed by atoms with Crippen molar-refractivity contribution in [2.24, 2.45) is 0 Å². The van der Waals surface area contributed by atoms with E-state index in [1.807, 2.05) is 0 Å². The van der Waals surface area contributed by atoms with Crippen LogP contribution in [0, 0.1) is 0 Å². The Balaban J connectivity index is 1.45. The third kappa shape index (κ3) is 6.64. The summed E-state index contributed by atoms with van der Waals surface area (Å²) in [5, 5.41) is 27.7. The number of benzene rings is 1. The van der Waals surface area contributed by atoms with Crippen LogP contribution in [-0.4, -0.2) is 86.0 Å². The molecule has 2 fully saturated rings. The molecule has 0 saturated carbocycles. The summed E-state index contributed by atoms with van der Waals surface area (Å²) in [5.74, 6) is -2.37. The summed E-state index contributed by atoms with van der Waals surface area (Å²) in [7, 11) is 0. The first kappa shape index (κ1) is 26.1. The number of rotatable bonds is 10. The van der Waals surface area contributed by atoms with Gasteiger partial charge >= 0.3 is 5.97 Å². The van der Waals surface area contributed by atoms with Crippen LogP contribution in [0.15, 0.2) is 36.8 Å². The number of hydrogen-bond acceptors (Lipinski definition) is 7. The molecule has 4 unspecified atom stereocenters. The predicted molar refractivity (Wildman–Crippen MR) is 131 cm³/mol. The molecule has 198 valence electrons. The number of aliphatic carboxylic acids is 1. The third-order valence-electron chi connectivity index (χ3n) is 6.80. The van der Waals surface area contributed by atoms with Crippen LogP contribution in [0.3, 0.4) is 0 Å². The highest BCUT2D eigenvalue weighted by molar-refractivity contribution is 5.94. The first-order chi connectivity index (χ1) is 17.8. The average molecular weight is 513 g/mol. The van der Waals surface area contributed by atoms with Gasteiger partial charge in [0.1, 0.15) is 23.9 Å². The van der Waals surface area contributed by atoms with Gasteiger partial charge in [0.2, 0.25) is 17.7 Å². The standard InChI is InChI=1S/C25H32N6O6/c32-17-7-5-15(6-8-17)11-20(25(36)37)30-23(34)21-4-2-10-31(21)24(35)19(12-16-13-26-14-28-16)29-22(33)18-3-1-9-27-18/h5-8,13-14,18-21,27,32H,1-4,9-12H2,(H,26,28)(H,29,33)(H,30,34)(H,36,37). The molecule has 4 atom stereocenters. The molecular weight excluding hydrogens is 480 g/mol. The predicted octanol–water partition coefficient (Wildman–Crippen LogP) is -0.302. The molecule has 3 amide bonds. The quantitative estimate of drug-likeness (QED) is 0.251. The van der Waals surface area contributed by atoms with E-state index < -0.39 is 35.9 Å². The number of H-pyrrole nitrogens is 1. The van der Waals surface area contributed by atoms with Crippen molar-refractivity contribution in [1.82, 2.24) is 30.8 Å². The lowest BCUT2D eigenvalue weighted by molar-refractivity contribution is -0.145. The molecule has 37 heavy (non-hydrogen) atoms. The number of phenolic OH excluding ortho intramolecular Hbond substituents is 1. The Morgan fingerprint density at radius 3 is 2.43 bits per heavy atom. The Kier molecular flexibility index (Phi) is 8.39. The first-order valence-corrected chi connectivity index (χ1v) is 12.4. The highest BCUT2D eigenvalue weighted by Gasteiger charge is 2.39. The molecule has 3 heterocycles. The number of carboxylic acids is 1. The number of nitrogens with one attached hydrogen (secondary N) is 4. The number of aromatic amines is 1. The summed E-state index contributed by atoms with van der Waals surface area (Å²) in [4.78, 5) is 59.8. The highest BCUT2D eigenvalue weighted by Crippen LogP contribution is 2.21. The van der Waals surface area contributed by atoms with Crippen molar-refractivity contribution < 1.29 is 29.4 Å². The summed E-state index contributed by atoms with van der Waals surface area (Å²) < 4.78 is 0. The Morgan fingerprint density at radius 2 is 1.78 bits per heavy atom. The largest absolute Gasteiger partial charge is 0.508 e. The number of carbonyl (C=O) groups is 4. The molecule has 6 N–H and O–H groups in total. The summed E-state index contributed by atoms with van der Waals surface area (Å²) >= 11 is 0. The van der Waals surface area contributed by atoms with Gasteiger partial charge in [-0.05, 0) is 49.9 Å². The first-order valence-electron chi connectivity index (χ1n) is 12.4. The summed E-state index contributed by atoms with van der Waals surface area (Å²) in [6.45, 7) is 1.06. The summed E-state index contributed by atoms with van der Waals surface area (Å²) in [5.41, 5.74) is 1.30. The number of phenols is 1. The Morgan fingerprint density at radius 1 is 1.03 bits per heavy atom. The fourth-order valence-electron chi connectivity index (χ4n) is 4.84. The van der Waals surface area contributed by atoms with Crippen LogP contribution in [0.5, 0.6) is 5.75 Å². The molecule has 0 aliphatic carbocycles. The van der Waals surface area contributed by atoms with Gasteiger partial charge in [-0.1, -0.05) is 12.1 Å². The van der Waals surface area contributed by atoms with Gasteiger partial charge in [-0.2, -0.15) is 0 Å². The SMILES string of the molecule is O=C(O)C(Cc1ccc(O)cc1)NC(=O)C1CCCN1C(=O)C(Cc1cnc[nH]1)NC(=O)C1CCCN1. The number of aromatic hydroxyl groups is 1. The van der Waals surface area contributed by atoms with Gasteiger partial charge < -0.3 is 36.0 Å². The smallest absolute Gasteiger partial charge is 0.326 e. The molecule has 2 saturated heterocycles. The van der Waals surface area contributed by atoms with Gasteiger partial charge in [0.15, 0.2) is 0 Å². The van der Waals surface area contributed by atoms with Crippen molar-refractivity contribution in [3.63, 3.8) is 0 Å². The molecule has 0 bridgehead atoms. The zero-order chi connectivity index (χ0) is 26.4. The van der Waals surface area contributed by atoms with E-state index in [0.717, 1.165) is 13.0 Å². The van der Waals surface area contributed by atoms with E-state index in [-0.39, 0.29) is 30.5 Å². The number of hydrogen-bond donors (Lipinski definition) is 6. The van der Waals surface area contributed by atoms with E-state index in [1.54, 1.807) is 18.3 Å². The van der Waals surface area contributed by atoms with Crippen LogP contribution in [0.4, 0.5) is 0 Å². The van der Waals surface area contributed by atoms with Crippen molar-refractivity contribution in [3.05, 3.63) is 48.0 Å². The number of carboxylic acid groups (broad SMARTS) is 1. The second kappa shape index (κ2) is 11.9. The van der Waals surface area contributed by atoms with Crippen LogP contribution < -0.4 is 16.0 Å². The number of imidazole rings is 1. The minimum atomic E-state index is -1.21. The van der Waals surface area contributed by atoms with Crippen molar-refractivity contribution >= 4 is 23.7 Å². The second-order valence-electron chi connectivity index (χ2n) is 9.45. The van der Waals surface area contributed by atoms with Gasteiger partial charge in [-0.25, -0.2) is 9.78 Å². The highest BCUT2D eigenvalue weighted by atomic mass is 16.4. The van der Waals surface area contributed by atoms with Gasteiger partial charge in [0.05, 0.1) is 12.4 Å². The summed E-state index contributed by atoms with van der Waals surface area (Å²) in [6, 6.07) is 2.74. The molecule has 1 aromatic heterocycles. The lowest BCUT2D eigenvalue weighted by atomic mass is 10.0. The second-order valence-corrected chi connectivity index (χ2v) is 9.45. The van der Waals surface area contributed by atoms with Crippen molar-refractivity contribution in [1.29, 1.82) is 0 Å². The molecule has 0 radical (unpaired) electrons. The topological polar surface area (TPSA) is 177 Å². The zero-order valence-electron chi connectivity index (χ0n) is 20.4. The van der Waals surface area contributed by atoms with Crippen molar-refractivity contribution in [3.8, 4) is 5.75 Å². The van der Waals surface area contributed by atoms with Gasteiger partial charge in [-0.15, -0.1) is 0 Å². The van der Waals surface area contributed by atoms with E-state index in [9.17, 15) is 29.4 Å². The molecule has 1 aromatic carbocycles. The van der Waals surface area contributed by atoms with Gasteiger partial charge in [-0.3, -0.25) is 14.4 Å². The minimum absolute atomic E-state index is 0.0227.